The van der Waals surface area contributed by atoms with Crippen LogP contribution in [0.3, 0.4) is 0 Å². The summed E-state index contributed by atoms with van der Waals surface area (Å²) in [5, 5.41) is 6.86. The number of nitrogens with one attached hydrogen (secondary N) is 2. The molecule has 0 aromatic carbocycles. The third kappa shape index (κ3) is 13.9. The second-order valence-corrected chi connectivity index (χ2v) is 4.83. The van der Waals surface area contributed by atoms with Crippen LogP contribution >= 0.6 is 0 Å². The molecular weight excluding hydrogens is 188 g/mol. The minimum absolute atomic E-state index is 0.233. The van der Waals surface area contributed by atoms with Crippen LogP contribution in [0.25, 0.3) is 0 Å². The van der Waals surface area contributed by atoms with E-state index in [1.165, 1.54) is 6.42 Å². The van der Waals surface area contributed by atoms with E-state index in [0.717, 1.165) is 39.3 Å². The molecule has 0 aliphatic rings. The number of ether oxygens (including phenoxy) is 1. The van der Waals surface area contributed by atoms with Crippen molar-refractivity contribution in [3.63, 3.8) is 0 Å². The van der Waals surface area contributed by atoms with Gasteiger partial charge in [-0.2, -0.15) is 0 Å². The van der Waals surface area contributed by atoms with E-state index in [0.29, 0.717) is 0 Å². The fourth-order valence-corrected chi connectivity index (χ4v) is 1.25. The molecule has 15 heavy (non-hydrogen) atoms. The summed E-state index contributed by atoms with van der Waals surface area (Å²) in [6.45, 7) is 13.5. The summed E-state index contributed by atoms with van der Waals surface area (Å²) in [6.07, 6.45) is 2.36. The molecule has 0 rings (SSSR count). The minimum atomic E-state index is 0.233. The van der Waals surface area contributed by atoms with Crippen LogP contribution in [-0.4, -0.2) is 38.4 Å². The first-order valence-corrected chi connectivity index (χ1v) is 6.10. The summed E-state index contributed by atoms with van der Waals surface area (Å²) in [5.41, 5.74) is 0.233. The third-order valence-electron chi connectivity index (χ3n) is 2.05. The lowest BCUT2D eigenvalue weighted by Crippen LogP contribution is -2.40. The summed E-state index contributed by atoms with van der Waals surface area (Å²) in [6, 6.07) is 0. The predicted molar refractivity (Wildman–Crippen MR) is 66.4 cm³/mol. The summed E-state index contributed by atoms with van der Waals surface area (Å²) in [5.74, 6) is 0. The fourth-order valence-electron chi connectivity index (χ4n) is 1.25. The molecule has 0 atom stereocenters. The van der Waals surface area contributed by atoms with Crippen LogP contribution in [0.1, 0.15) is 40.5 Å². The molecule has 92 valence electrons. The van der Waals surface area contributed by atoms with E-state index in [4.69, 9.17) is 4.74 Å². The zero-order valence-electron chi connectivity index (χ0n) is 10.9. The Kier molecular flexibility index (Phi) is 9.06. The molecule has 0 radical (unpaired) electrons. The van der Waals surface area contributed by atoms with Gasteiger partial charge < -0.3 is 15.4 Å². The van der Waals surface area contributed by atoms with Crippen molar-refractivity contribution in [3.05, 3.63) is 0 Å². The van der Waals surface area contributed by atoms with Crippen molar-refractivity contribution in [1.82, 2.24) is 10.6 Å². The Labute approximate surface area is 95.0 Å². The lowest BCUT2D eigenvalue weighted by Gasteiger charge is -2.20. The largest absolute Gasteiger partial charge is 0.382 e. The predicted octanol–water partition coefficient (Wildman–Crippen LogP) is 1.78. The Hall–Kier alpha value is -0.120. The molecule has 0 fully saturated rings. The number of hydrogen-bond donors (Lipinski definition) is 2. The first-order chi connectivity index (χ1) is 7.06. The molecule has 0 spiro atoms. The van der Waals surface area contributed by atoms with Gasteiger partial charge in [0.2, 0.25) is 0 Å². The maximum atomic E-state index is 5.27. The van der Waals surface area contributed by atoms with Crippen LogP contribution < -0.4 is 10.6 Å². The average molecular weight is 216 g/mol. The van der Waals surface area contributed by atoms with Gasteiger partial charge >= 0.3 is 0 Å². The van der Waals surface area contributed by atoms with Crippen molar-refractivity contribution in [3.8, 4) is 0 Å². The molecule has 0 aromatic rings. The van der Waals surface area contributed by atoms with Crippen LogP contribution in [0.4, 0.5) is 0 Å². The van der Waals surface area contributed by atoms with Crippen molar-refractivity contribution in [2.45, 2.75) is 46.1 Å². The Morgan fingerprint density at radius 3 is 2.33 bits per heavy atom. The van der Waals surface area contributed by atoms with Crippen LogP contribution in [-0.2, 0) is 4.74 Å². The zero-order valence-corrected chi connectivity index (χ0v) is 10.9. The quantitative estimate of drug-likeness (QED) is 0.576. The van der Waals surface area contributed by atoms with Crippen molar-refractivity contribution < 1.29 is 4.74 Å². The van der Waals surface area contributed by atoms with Crippen molar-refractivity contribution in [2.75, 3.05) is 32.8 Å². The first kappa shape index (κ1) is 14.9. The molecule has 0 saturated heterocycles. The van der Waals surface area contributed by atoms with Gasteiger partial charge in [-0.25, -0.2) is 0 Å². The molecule has 0 aliphatic heterocycles. The Morgan fingerprint density at radius 2 is 1.73 bits per heavy atom. The molecule has 0 amide bonds. The average Bonchev–Trinajstić information content (AvgIpc) is 2.14. The van der Waals surface area contributed by atoms with E-state index in [1.807, 2.05) is 6.92 Å². The van der Waals surface area contributed by atoms with Gasteiger partial charge in [0, 0.05) is 31.8 Å². The van der Waals surface area contributed by atoms with Crippen LogP contribution in [0, 0.1) is 0 Å². The normalized spacial score (nSPS) is 12.0. The van der Waals surface area contributed by atoms with E-state index >= 15 is 0 Å². The maximum absolute atomic E-state index is 5.27. The van der Waals surface area contributed by atoms with Crippen LogP contribution in [0.5, 0.6) is 0 Å². The molecule has 2 N–H and O–H groups in total. The highest BCUT2D eigenvalue weighted by Gasteiger charge is 2.06. The van der Waals surface area contributed by atoms with E-state index < -0.39 is 0 Å². The molecule has 3 nitrogen and oxygen atoms in total. The molecule has 0 unspecified atom stereocenters. The molecule has 0 aliphatic carbocycles. The first-order valence-electron chi connectivity index (χ1n) is 6.10. The Balaban J connectivity index is 2.99. The Bertz CT molecular complexity index is 132. The topological polar surface area (TPSA) is 33.3 Å². The highest BCUT2D eigenvalue weighted by Crippen LogP contribution is 1.96. The lowest BCUT2D eigenvalue weighted by molar-refractivity contribution is 0.143. The maximum Gasteiger partial charge on any atom is 0.0466 e. The number of hydrogen-bond acceptors (Lipinski definition) is 3. The molecule has 0 bridgehead atoms. The minimum Gasteiger partial charge on any atom is -0.382 e. The SMILES string of the molecule is CCOCCCCNCCNC(C)(C)C. The van der Waals surface area contributed by atoms with Crippen molar-refractivity contribution in [1.29, 1.82) is 0 Å². The smallest absolute Gasteiger partial charge is 0.0466 e. The summed E-state index contributed by atoms with van der Waals surface area (Å²) in [4.78, 5) is 0. The molecule has 0 saturated carbocycles. The monoisotopic (exact) mass is 216 g/mol. The van der Waals surface area contributed by atoms with E-state index in [1.54, 1.807) is 0 Å². The summed E-state index contributed by atoms with van der Waals surface area (Å²) in [7, 11) is 0. The van der Waals surface area contributed by atoms with Crippen LogP contribution in [0.2, 0.25) is 0 Å². The second kappa shape index (κ2) is 9.13. The number of unbranched alkanes of at least 4 members (excludes halogenated alkanes) is 1. The summed E-state index contributed by atoms with van der Waals surface area (Å²) >= 11 is 0. The molecule has 0 heterocycles. The second-order valence-electron chi connectivity index (χ2n) is 4.83. The van der Waals surface area contributed by atoms with Gasteiger partial charge in [0.05, 0.1) is 0 Å². The van der Waals surface area contributed by atoms with Gasteiger partial charge in [-0.15, -0.1) is 0 Å². The summed E-state index contributed by atoms with van der Waals surface area (Å²) < 4.78 is 5.27. The standard InChI is InChI=1S/C12H28N2O/c1-5-15-11-7-6-8-13-9-10-14-12(2,3)4/h13-14H,5-11H2,1-4H3. The lowest BCUT2D eigenvalue weighted by atomic mass is 10.1. The van der Waals surface area contributed by atoms with E-state index in [9.17, 15) is 0 Å². The van der Waals surface area contributed by atoms with Crippen LogP contribution in [0.15, 0.2) is 0 Å². The van der Waals surface area contributed by atoms with Gasteiger partial charge in [0.25, 0.3) is 0 Å². The van der Waals surface area contributed by atoms with Crippen molar-refractivity contribution >= 4 is 0 Å². The van der Waals surface area contributed by atoms with Gasteiger partial charge in [-0.05, 0) is 47.1 Å². The van der Waals surface area contributed by atoms with Gasteiger partial charge in [0.15, 0.2) is 0 Å². The van der Waals surface area contributed by atoms with Gasteiger partial charge in [0.1, 0.15) is 0 Å². The van der Waals surface area contributed by atoms with E-state index in [2.05, 4.69) is 31.4 Å². The van der Waals surface area contributed by atoms with E-state index in [-0.39, 0.29) is 5.54 Å². The fraction of sp³-hybridized carbons (Fsp3) is 1.00. The molecule has 0 aromatic heterocycles. The highest BCUT2D eigenvalue weighted by atomic mass is 16.5. The zero-order chi connectivity index (χ0) is 11.6. The molecular formula is C12H28N2O. The van der Waals surface area contributed by atoms with Crippen molar-refractivity contribution in [2.24, 2.45) is 0 Å². The van der Waals surface area contributed by atoms with Gasteiger partial charge in [-0.3, -0.25) is 0 Å². The number of rotatable bonds is 9. The third-order valence-corrected chi connectivity index (χ3v) is 2.05. The highest BCUT2D eigenvalue weighted by molar-refractivity contribution is 4.70. The Morgan fingerprint density at radius 1 is 1.00 bits per heavy atom. The molecule has 3 heteroatoms. The van der Waals surface area contributed by atoms with Gasteiger partial charge in [-0.1, -0.05) is 0 Å².